The predicted molar refractivity (Wildman–Crippen MR) is 160 cm³/mol. The van der Waals surface area contributed by atoms with Gasteiger partial charge in [0.2, 0.25) is 0 Å². The largest absolute Gasteiger partial charge is 0.472 e. The number of hydrogen-bond acceptors (Lipinski definition) is 8. The van der Waals surface area contributed by atoms with Gasteiger partial charge in [-0.3, -0.25) is 18.6 Å². The molecule has 0 aromatic rings. The number of unbranched alkanes of at least 4 members (excludes halogenated alkanes) is 14. The minimum Gasteiger partial charge on any atom is -0.462 e. The monoisotopic (exact) mass is 591 g/mol. The maximum absolute atomic E-state index is 12.4. The molecule has 0 aliphatic rings. The molecule has 0 bridgehead atoms. The fourth-order valence-electron chi connectivity index (χ4n) is 4.02. The van der Waals surface area contributed by atoms with Crippen molar-refractivity contribution < 1.29 is 37.6 Å². The zero-order chi connectivity index (χ0) is 29.7. The van der Waals surface area contributed by atoms with E-state index < -0.39 is 26.5 Å². The van der Waals surface area contributed by atoms with Crippen LogP contribution < -0.4 is 5.73 Å². The smallest absolute Gasteiger partial charge is 0.462 e. The van der Waals surface area contributed by atoms with E-state index in [2.05, 4.69) is 26.0 Å². The fourth-order valence-corrected chi connectivity index (χ4v) is 4.79. The van der Waals surface area contributed by atoms with Crippen LogP contribution in [0.25, 0.3) is 0 Å². The Morgan fingerprint density at radius 3 is 1.85 bits per heavy atom. The summed E-state index contributed by atoms with van der Waals surface area (Å²) in [5.74, 6) is -0.846. The first-order valence-electron chi connectivity index (χ1n) is 15.7. The van der Waals surface area contributed by atoms with E-state index in [0.29, 0.717) is 6.42 Å². The van der Waals surface area contributed by atoms with Crippen LogP contribution in [0.4, 0.5) is 0 Å². The van der Waals surface area contributed by atoms with Crippen LogP contribution in [-0.2, 0) is 32.7 Å². The van der Waals surface area contributed by atoms with Crippen LogP contribution >= 0.6 is 7.82 Å². The summed E-state index contributed by atoms with van der Waals surface area (Å²) in [5, 5.41) is 0. The van der Waals surface area contributed by atoms with Gasteiger partial charge >= 0.3 is 19.8 Å². The van der Waals surface area contributed by atoms with Gasteiger partial charge in [0.15, 0.2) is 6.10 Å². The second-order valence-corrected chi connectivity index (χ2v) is 11.8. The third-order valence-electron chi connectivity index (χ3n) is 6.40. The Morgan fingerprint density at radius 1 is 0.725 bits per heavy atom. The molecule has 9 nitrogen and oxygen atoms in total. The highest BCUT2D eigenvalue weighted by molar-refractivity contribution is 7.47. The number of allylic oxidation sites excluding steroid dienone is 2. The van der Waals surface area contributed by atoms with Gasteiger partial charge in [-0.15, -0.1) is 0 Å². The topological polar surface area (TPSA) is 134 Å². The van der Waals surface area contributed by atoms with E-state index in [9.17, 15) is 19.0 Å². The van der Waals surface area contributed by atoms with Gasteiger partial charge in [0.25, 0.3) is 0 Å². The quantitative estimate of drug-likeness (QED) is 0.0391. The van der Waals surface area contributed by atoms with E-state index in [4.69, 9.17) is 24.3 Å². The summed E-state index contributed by atoms with van der Waals surface area (Å²) < 4.78 is 32.4. The van der Waals surface area contributed by atoms with Crippen LogP contribution in [0.15, 0.2) is 12.2 Å². The maximum atomic E-state index is 12.4. The number of phosphoric ester groups is 1. The Bertz CT molecular complexity index is 689. The van der Waals surface area contributed by atoms with Crippen LogP contribution in [0.5, 0.6) is 0 Å². The molecular formula is C30H58NO8P. The van der Waals surface area contributed by atoms with Crippen molar-refractivity contribution in [3.63, 3.8) is 0 Å². The molecule has 0 aromatic heterocycles. The first kappa shape index (κ1) is 38.8. The molecule has 2 atom stereocenters. The van der Waals surface area contributed by atoms with Gasteiger partial charge in [0, 0.05) is 19.4 Å². The summed E-state index contributed by atoms with van der Waals surface area (Å²) in [6.07, 6.45) is 22.6. The second-order valence-electron chi connectivity index (χ2n) is 10.3. The highest BCUT2D eigenvalue weighted by atomic mass is 31.2. The number of carbonyl (C=O) groups excluding carboxylic acids is 2. The van der Waals surface area contributed by atoms with Gasteiger partial charge in [-0.2, -0.15) is 0 Å². The molecule has 0 saturated heterocycles. The standard InChI is InChI=1S/C30H58NO8P/c1-3-5-7-9-11-13-14-15-17-19-21-23-30(33)39-28(27-38-40(34,35)37-25-24-31)26-36-29(32)22-20-18-16-12-10-8-6-4-2/h9,11,28H,3-8,10,12-27,31H2,1-2H3,(H,34,35)/b11-9+/t28-/m1/s1. The molecule has 0 radical (unpaired) electrons. The van der Waals surface area contributed by atoms with Crippen molar-refractivity contribution in [3.8, 4) is 0 Å². The zero-order valence-corrected chi connectivity index (χ0v) is 26.2. The predicted octanol–water partition coefficient (Wildman–Crippen LogP) is 7.54. The van der Waals surface area contributed by atoms with E-state index >= 15 is 0 Å². The molecule has 1 unspecified atom stereocenters. The number of rotatable bonds is 29. The Hall–Kier alpha value is -1.25. The molecular weight excluding hydrogens is 533 g/mol. The van der Waals surface area contributed by atoms with Crippen molar-refractivity contribution in [2.24, 2.45) is 5.73 Å². The molecule has 0 saturated carbocycles. The maximum Gasteiger partial charge on any atom is 0.472 e. The third-order valence-corrected chi connectivity index (χ3v) is 7.39. The summed E-state index contributed by atoms with van der Waals surface area (Å²) in [6.45, 7) is 3.61. The van der Waals surface area contributed by atoms with E-state index in [0.717, 1.165) is 57.8 Å². The van der Waals surface area contributed by atoms with Crippen LogP contribution in [0.1, 0.15) is 136 Å². The highest BCUT2D eigenvalue weighted by Gasteiger charge is 2.25. The van der Waals surface area contributed by atoms with Crippen molar-refractivity contribution in [1.29, 1.82) is 0 Å². The van der Waals surface area contributed by atoms with Gasteiger partial charge < -0.3 is 20.1 Å². The van der Waals surface area contributed by atoms with Crippen molar-refractivity contribution in [2.75, 3.05) is 26.4 Å². The average molecular weight is 592 g/mol. The number of ether oxygens (including phenoxy) is 2. The van der Waals surface area contributed by atoms with E-state index in [1.165, 1.54) is 44.9 Å². The first-order chi connectivity index (χ1) is 19.3. The van der Waals surface area contributed by atoms with Gasteiger partial charge in [0.1, 0.15) is 6.61 Å². The molecule has 0 heterocycles. The summed E-state index contributed by atoms with van der Waals surface area (Å²) in [5.41, 5.74) is 5.30. The Labute approximate surface area is 243 Å². The lowest BCUT2D eigenvalue weighted by Gasteiger charge is -2.19. The Morgan fingerprint density at radius 2 is 1.25 bits per heavy atom. The summed E-state index contributed by atoms with van der Waals surface area (Å²) in [7, 11) is -4.35. The Balaban J connectivity index is 4.35. The zero-order valence-electron chi connectivity index (χ0n) is 25.3. The molecule has 0 amide bonds. The Kier molecular flexibility index (Phi) is 27.0. The minimum absolute atomic E-state index is 0.0539. The fraction of sp³-hybridized carbons (Fsp3) is 0.867. The molecule has 0 rings (SSSR count). The van der Waals surface area contributed by atoms with Crippen molar-refractivity contribution in [2.45, 2.75) is 142 Å². The van der Waals surface area contributed by atoms with Crippen molar-refractivity contribution >= 4 is 19.8 Å². The lowest BCUT2D eigenvalue weighted by atomic mass is 10.1. The van der Waals surface area contributed by atoms with E-state index in [1.54, 1.807) is 0 Å². The van der Waals surface area contributed by atoms with Crippen molar-refractivity contribution in [3.05, 3.63) is 12.2 Å². The molecule has 0 aliphatic heterocycles. The first-order valence-corrected chi connectivity index (χ1v) is 17.2. The van der Waals surface area contributed by atoms with Crippen LogP contribution in [0.3, 0.4) is 0 Å². The summed E-state index contributed by atoms with van der Waals surface area (Å²) in [6, 6.07) is 0. The average Bonchev–Trinajstić information content (AvgIpc) is 2.93. The van der Waals surface area contributed by atoms with Gasteiger partial charge in [-0.05, 0) is 32.1 Å². The summed E-state index contributed by atoms with van der Waals surface area (Å²) in [4.78, 5) is 34.3. The highest BCUT2D eigenvalue weighted by Crippen LogP contribution is 2.43. The van der Waals surface area contributed by atoms with Crippen LogP contribution in [0.2, 0.25) is 0 Å². The molecule has 0 aromatic carbocycles. The molecule has 0 spiro atoms. The number of esters is 2. The number of nitrogens with two attached hydrogens (primary N) is 1. The minimum atomic E-state index is -4.35. The van der Waals surface area contributed by atoms with Gasteiger partial charge in [-0.25, -0.2) is 4.57 Å². The summed E-state index contributed by atoms with van der Waals surface area (Å²) >= 11 is 0. The van der Waals surface area contributed by atoms with Gasteiger partial charge in [-0.1, -0.05) is 103 Å². The lowest BCUT2D eigenvalue weighted by Crippen LogP contribution is -2.29. The molecule has 10 heteroatoms. The lowest BCUT2D eigenvalue weighted by molar-refractivity contribution is -0.161. The number of hydrogen-bond donors (Lipinski definition) is 2. The SMILES string of the molecule is CCCC/C=C/CCCCCCCC(=O)O[C@H](COC(=O)CCCCCCCCCC)COP(=O)(O)OCCN. The van der Waals surface area contributed by atoms with Crippen LogP contribution in [-0.4, -0.2) is 49.3 Å². The van der Waals surface area contributed by atoms with Gasteiger partial charge in [0.05, 0.1) is 13.2 Å². The molecule has 0 fully saturated rings. The second kappa shape index (κ2) is 27.9. The molecule has 0 aliphatic carbocycles. The third kappa shape index (κ3) is 26.9. The molecule has 236 valence electrons. The van der Waals surface area contributed by atoms with E-state index in [1.807, 2.05) is 0 Å². The number of carbonyl (C=O) groups is 2. The molecule has 40 heavy (non-hydrogen) atoms. The van der Waals surface area contributed by atoms with Crippen LogP contribution in [0, 0.1) is 0 Å². The normalized spacial score (nSPS) is 13.8. The number of phosphoric acid groups is 1. The van der Waals surface area contributed by atoms with E-state index in [-0.39, 0.29) is 38.6 Å². The van der Waals surface area contributed by atoms with Crippen molar-refractivity contribution in [1.82, 2.24) is 0 Å². The molecule has 3 N–H and O–H groups in total.